The number of hydrogen-bond donors (Lipinski definition) is 2. The monoisotopic (exact) mass is 246 g/mol. The van der Waals surface area contributed by atoms with Gasteiger partial charge < -0.3 is 15.2 Å². The van der Waals surface area contributed by atoms with Crippen LogP contribution in [0.1, 0.15) is 19.8 Å². The average molecular weight is 246 g/mol. The summed E-state index contributed by atoms with van der Waals surface area (Å²) in [6.45, 7) is 2.23. The summed E-state index contributed by atoms with van der Waals surface area (Å²) < 4.78 is 31.4. The maximum absolute atomic E-state index is 13.3. The molecule has 6 heteroatoms. The van der Waals surface area contributed by atoms with Gasteiger partial charge in [-0.2, -0.15) is 4.98 Å². The minimum absolute atomic E-state index is 0.0345. The summed E-state index contributed by atoms with van der Waals surface area (Å²) in [7, 11) is 0. The number of pyridine rings is 1. The molecule has 4 nitrogen and oxygen atoms in total. The average Bonchev–Trinajstić information content (AvgIpc) is 2.31. The first-order valence-corrected chi connectivity index (χ1v) is 5.52. The normalized spacial score (nSPS) is 10.4. The molecule has 0 aliphatic carbocycles. The first kappa shape index (κ1) is 13.6. The van der Waals surface area contributed by atoms with Crippen molar-refractivity contribution in [3.05, 3.63) is 17.7 Å². The summed E-state index contributed by atoms with van der Waals surface area (Å²) in [5, 5.41) is 11.3. The number of aromatic nitrogens is 1. The highest BCUT2D eigenvalue weighted by Crippen LogP contribution is 2.20. The smallest absolute Gasteiger partial charge is 0.252 e. The van der Waals surface area contributed by atoms with Crippen molar-refractivity contribution in [2.24, 2.45) is 0 Å². The summed E-state index contributed by atoms with van der Waals surface area (Å²) in [4.78, 5) is 3.69. The van der Waals surface area contributed by atoms with E-state index in [9.17, 15) is 8.78 Å². The Morgan fingerprint density at radius 3 is 2.82 bits per heavy atom. The molecule has 0 aliphatic rings. The molecule has 1 heterocycles. The van der Waals surface area contributed by atoms with Crippen LogP contribution in [0.5, 0.6) is 5.88 Å². The lowest BCUT2D eigenvalue weighted by Gasteiger charge is -2.09. The molecule has 2 N–H and O–H groups in total. The molecule has 0 saturated heterocycles. The fourth-order valence-electron chi connectivity index (χ4n) is 1.20. The van der Waals surface area contributed by atoms with Crippen LogP contribution in [-0.4, -0.2) is 29.8 Å². The Labute approximate surface area is 98.6 Å². The van der Waals surface area contributed by atoms with E-state index in [1.807, 2.05) is 6.92 Å². The van der Waals surface area contributed by atoms with E-state index in [0.717, 1.165) is 12.8 Å². The number of nitrogens with zero attached hydrogens (tertiary/aromatic N) is 1. The van der Waals surface area contributed by atoms with E-state index in [2.05, 4.69) is 10.3 Å². The summed E-state index contributed by atoms with van der Waals surface area (Å²) >= 11 is 0. The molecule has 0 bridgehead atoms. The third kappa shape index (κ3) is 4.14. The molecule has 0 radical (unpaired) electrons. The fraction of sp³-hybridized carbons (Fsp3) is 0.545. The molecule has 0 aliphatic heterocycles. The van der Waals surface area contributed by atoms with E-state index in [0.29, 0.717) is 12.6 Å². The van der Waals surface area contributed by atoms with Gasteiger partial charge >= 0.3 is 0 Å². The second-order valence-corrected chi connectivity index (χ2v) is 3.46. The van der Waals surface area contributed by atoms with Crippen molar-refractivity contribution in [1.29, 1.82) is 0 Å². The molecule has 0 spiro atoms. The number of anilines is 1. The van der Waals surface area contributed by atoms with Gasteiger partial charge in [0.2, 0.25) is 0 Å². The molecule has 0 unspecified atom stereocenters. The largest absolute Gasteiger partial charge is 0.473 e. The number of aliphatic hydroxyl groups excluding tert-OH is 1. The zero-order valence-corrected chi connectivity index (χ0v) is 9.67. The number of rotatable bonds is 7. The molecular formula is C11H16F2N2O2. The van der Waals surface area contributed by atoms with Gasteiger partial charge in [-0.15, -0.1) is 0 Å². The second-order valence-electron chi connectivity index (χ2n) is 3.46. The predicted octanol–water partition coefficient (Wildman–Crippen LogP) is 1.94. The Hall–Kier alpha value is -1.43. The number of ether oxygens (including phenoxy) is 1. The lowest BCUT2D eigenvalue weighted by atomic mass is 10.3. The fourth-order valence-corrected chi connectivity index (χ4v) is 1.20. The Morgan fingerprint density at radius 2 is 2.18 bits per heavy atom. The topological polar surface area (TPSA) is 54.4 Å². The van der Waals surface area contributed by atoms with Crippen molar-refractivity contribution in [2.75, 3.05) is 25.1 Å². The van der Waals surface area contributed by atoms with Gasteiger partial charge in [-0.05, 0) is 6.42 Å². The van der Waals surface area contributed by atoms with Gasteiger partial charge in [0.05, 0.1) is 6.61 Å². The zero-order valence-electron chi connectivity index (χ0n) is 9.67. The van der Waals surface area contributed by atoms with Crippen LogP contribution < -0.4 is 10.1 Å². The number of nitrogens with one attached hydrogen (secondary N) is 1. The maximum Gasteiger partial charge on any atom is 0.252 e. The molecule has 17 heavy (non-hydrogen) atoms. The van der Waals surface area contributed by atoms with Crippen LogP contribution in [0.2, 0.25) is 0 Å². The molecule has 1 rings (SSSR count). The van der Waals surface area contributed by atoms with Crippen LogP contribution in [0.25, 0.3) is 0 Å². The molecule has 1 aromatic rings. The lowest BCUT2D eigenvalue weighted by molar-refractivity contribution is 0.191. The number of hydrogen-bond acceptors (Lipinski definition) is 4. The van der Waals surface area contributed by atoms with E-state index >= 15 is 0 Å². The first-order valence-electron chi connectivity index (χ1n) is 5.52. The van der Waals surface area contributed by atoms with E-state index in [1.165, 1.54) is 0 Å². The molecule has 0 atom stereocenters. The zero-order chi connectivity index (χ0) is 12.7. The van der Waals surface area contributed by atoms with Crippen LogP contribution in [0.3, 0.4) is 0 Å². The van der Waals surface area contributed by atoms with E-state index in [4.69, 9.17) is 9.84 Å². The predicted molar refractivity (Wildman–Crippen MR) is 60.1 cm³/mol. The van der Waals surface area contributed by atoms with Gasteiger partial charge in [-0.3, -0.25) is 0 Å². The molecule has 0 saturated carbocycles. The van der Waals surface area contributed by atoms with Crippen LogP contribution in [0, 0.1) is 11.6 Å². The Kier molecular flexibility index (Phi) is 5.62. The van der Waals surface area contributed by atoms with Gasteiger partial charge in [0.15, 0.2) is 17.5 Å². The van der Waals surface area contributed by atoms with Crippen LogP contribution in [-0.2, 0) is 0 Å². The Bertz CT molecular complexity index is 362. The van der Waals surface area contributed by atoms with Gasteiger partial charge in [0.25, 0.3) is 5.88 Å². The van der Waals surface area contributed by atoms with Crippen LogP contribution in [0.4, 0.5) is 14.6 Å². The highest BCUT2D eigenvalue weighted by atomic mass is 19.1. The third-order valence-corrected chi connectivity index (χ3v) is 2.05. The highest BCUT2D eigenvalue weighted by molar-refractivity contribution is 5.39. The standard InChI is InChI=1S/C11H16F2N2O2/c1-2-3-4-14-10-8(12)7-9(13)11(15-10)17-6-5-16/h7,16H,2-6H2,1H3,(H,14,15). The van der Waals surface area contributed by atoms with Crippen molar-refractivity contribution < 1.29 is 18.6 Å². The summed E-state index contributed by atoms with van der Waals surface area (Å²) in [5.41, 5.74) is 0. The molecule has 0 aromatic carbocycles. The summed E-state index contributed by atoms with van der Waals surface area (Å²) in [5.74, 6) is -1.97. The van der Waals surface area contributed by atoms with Gasteiger partial charge in [0.1, 0.15) is 6.61 Å². The maximum atomic E-state index is 13.3. The number of unbranched alkanes of at least 4 members (excludes halogenated alkanes) is 1. The molecular weight excluding hydrogens is 230 g/mol. The van der Waals surface area contributed by atoms with E-state index < -0.39 is 11.6 Å². The molecule has 96 valence electrons. The van der Waals surface area contributed by atoms with Crippen molar-refractivity contribution in [1.82, 2.24) is 4.98 Å². The van der Waals surface area contributed by atoms with E-state index in [1.54, 1.807) is 0 Å². The number of halogens is 2. The second kappa shape index (κ2) is 7.01. The highest BCUT2D eigenvalue weighted by Gasteiger charge is 2.12. The SMILES string of the molecule is CCCCNc1nc(OCCO)c(F)cc1F. The van der Waals surface area contributed by atoms with Crippen molar-refractivity contribution in [3.63, 3.8) is 0 Å². The molecule has 0 amide bonds. The first-order chi connectivity index (χ1) is 8.19. The van der Waals surface area contributed by atoms with Gasteiger partial charge in [-0.25, -0.2) is 8.78 Å². The van der Waals surface area contributed by atoms with Crippen molar-refractivity contribution in [3.8, 4) is 5.88 Å². The molecule has 1 aromatic heterocycles. The minimum atomic E-state index is -0.878. The van der Waals surface area contributed by atoms with Crippen LogP contribution in [0.15, 0.2) is 6.07 Å². The van der Waals surface area contributed by atoms with Gasteiger partial charge in [0, 0.05) is 12.6 Å². The van der Waals surface area contributed by atoms with E-state index in [-0.39, 0.29) is 24.9 Å². The quantitative estimate of drug-likeness (QED) is 0.722. The van der Waals surface area contributed by atoms with Crippen LogP contribution >= 0.6 is 0 Å². The molecule has 0 fully saturated rings. The summed E-state index contributed by atoms with van der Waals surface area (Å²) in [6.07, 6.45) is 1.83. The van der Waals surface area contributed by atoms with Gasteiger partial charge in [-0.1, -0.05) is 13.3 Å². The van der Waals surface area contributed by atoms with Crippen molar-refractivity contribution in [2.45, 2.75) is 19.8 Å². The summed E-state index contributed by atoms with van der Waals surface area (Å²) in [6, 6.07) is 0.716. The lowest BCUT2D eigenvalue weighted by Crippen LogP contribution is -2.09. The Balaban J connectivity index is 2.74. The third-order valence-electron chi connectivity index (χ3n) is 2.05. The Morgan fingerprint density at radius 1 is 1.41 bits per heavy atom. The van der Waals surface area contributed by atoms with Crippen molar-refractivity contribution >= 4 is 5.82 Å². The number of aliphatic hydroxyl groups is 1. The minimum Gasteiger partial charge on any atom is -0.473 e.